The van der Waals surface area contributed by atoms with Gasteiger partial charge in [0.25, 0.3) is 5.91 Å². The van der Waals surface area contributed by atoms with Crippen LogP contribution in [0, 0.1) is 6.92 Å². The van der Waals surface area contributed by atoms with Gasteiger partial charge >= 0.3 is 0 Å². The molecule has 170 valence electrons. The van der Waals surface area contributed by atoms with Gasteiger partial charge in [-0.3, -0.25) is 15.1 Å². The number of aromatic nitrogens is 5. The Morgan fingerprint density at radius 3 is 2.73 bits per heavy atom. The third-order valence-corrected chi connectivity index (χ3v) is 5.68. The van der Waals surface area contributed by atoms with Crippen LogP contribution >= 0.6 is 22.9 Å². The van der Waals surface area contributed by atoms with Gasteiger partial charge in [0.2, 0.25) is 5.95 Å². The van der Waals surface area contributed by atoms with Gasteiger partial charge in [-0.05, 0) is 19.1 Å². The van der Waals surface area contributed by atoms with Crippen molar-refractivity contribution in [1.29, 1.82) is 0 Å². The zero-order valence-electron chi connectivity index (χ0n) is 18.0. The van der Waals surface area contributed by atoms with Crippen molar-refractivity contribution in [3.63, 3.8) is 0 Å². The molecule has 0 aliphatic rings. The van der Waals surface area contributed by atoms with Crippen LogP contribution in [0.3, 0.4) is 0 Å². The first kappa shape index (κ1) is 22.8. The molecular formula is C21H20ClN7O3S. The Labute approximate surface area is 198 Å². The fraction of sp³-hybridized carbons (Fsp3) is 0.238. The normalized spacial score (nSPS) is 10.9. The Bertz CT molecular complexity index is 1310. The molecule has 4 rings (SSSR count). The number of rotatable bonds is 8. The van der Waals surface area contributed by atoms with E-state index in [2.05, 4.69) is 35.6 Å². The molecule has 1 amide bonds. The third-order valence-electron chi connectivity index (χ3n) is 4.59. The SMILES string of the molecule is COCCNc1ncc2nc(NC(=O)c3cnc(C)cc3-c3cc(Cl)ncc3OC)sc2n1. The van der Waals surface area contributed by atoms with E-state index in [1.54, 1.807) is 25.4 Å². The van der Waals surface area contributed by atoms with Crippen LogP contribution in [-0.2, 0) is 4.74 Å². The molecule has 0 bridgehead atoms. The van der Waals surface area contributed by atoms with Gasteiger partial charge in [0.05, 0.1) is 31.7 Å². The standard InChI is InChI=1S/C21H20ClN7O3S/c1-11-6-12(13-7-17(22)25-10-16(13)32-3)14(8-24-11)18(30)28-21-27-15-9-26-20(23-4-5-31-2)29-19(15)33-21/h6-10H,4-5H2,1-3H3,(H,23,26,29)(H,27,28,30). The second-order valence-electron chi connectivity index (χ2n) is 6.86. The molecule has 0 aliphatic heterocycles. The number of fused-ring (bicyclic) bond motifs is 1. The number of ether oxygens (including phenoxy) is 2. The number of nitrogens with one attached hydrogen (secondary N) is 2. The quantitative estimate of drug-likeness (QED) is 0.283. The average Bonchev–Trinajstić information content (AvgIpc) is 3.20. The van der Waals surface area contributed by atoms with E-state index in [0.29, 0.717) is 57.0 Å². The van der Waals surface area contributed by atoms with E-state index in [0.717, 1.165) is 5.69 Å². The van der Waals surface area contributed by atoms with Crippen LogP contribution in [0.4, 0.5) is 11.1 Å². The molecule has 0 atom stereocenters. The number of hydrogen-bond donors (Lipinski definition) is 2. The third kappa shape index (κ3) is 5.16. The van der Waals surface area contributed by atoms with Gasteiger partial charge in [0.1, 0.15) is 16.4 Å². The van der Waals surface area contributed by atoms with E-state index < -0.39 is 0 Å². The smallest absolute Gasteiger partial charge is 0.259 e. The van der Waals surface area contributed by atoms with Crippen molar-refractivity contribution in [2.75, 3.05) is 38.0 Å². The number of thiazole rings is 1. The van der Waals surface area contributed by atoms with Crippen LogP contribution in [0.1, 0.15) is 16.1 Å². The van der Waals surface area contributed by atoms with Crippen molar-refractivity contribution in [1.82, 2.24) is 24.9 Å². The fourth-order valence-corrected chi connectivity index (χ4v) is 4.02. The van der Waals surface area contributed by atoms with Crippen molar-refractivity contribution in [2.24, 2.45) is 0 Å². The van der Waals surface area contributed by atoms with E-state index in [4.69, 9.17) is 21.1 Å². The molecule has 4 aromatic heterocycles. The van der Waals surface area contributed by atoms with E-state index in [9.17, 15) is 4.79 Å². The van der Waals surface area contributed by atoms with Crippen molar-refractivity contribution in [2.45, 2.75) is 6.92 Å². The number of aryl methyl sites for hydroxylation is 1. The van der Waals surface area contributed by atoms with E-state index in [1.807, 2.05) is 6.92 Å². The number of methoxy groups -OCH3 is 2. The molecule has 0 saturated heterocycles. The van der Waals surface area contributed by atoms with Gasteiger partial charge in [-0.1, -0.05) is 22.9 Å². The maximum Gasteiger partial charge on any atom is 0.259 e. The number of amides is 1. The first-order chi connectivity index (χ1) is 16.0. The molecule has 0 unspecified atom stereocenters. The number of anilines is 2. The number of carbonyl (C=O) groups is 1. The Kier molecular flexibility index (Phi) is 6.92. The Balaban J connectivity index is 1.63. The molecule has 0 saturated carbocycles. The summed E-state index contributed by atoms with van der Waals surface area (Å²) >= 11 is 7.35. The molecule has 12 heteroatoms. The van der Waals surface area contributed by atoms with Crippen LogP contribution in [0.25, 0.3) is 21.5 Å². The van der Waals surface area contributed by atoms with Crippen LogP contribution in [-0.4, -0.2) is 58.2 Å². The summed E-state index contributed by atoms with van der Waals surface area (Å²) in [5.74, 6) is 0.577. The molecule has 4 heterocycles. The summed E-state index contributed by atoms with van der Waals surface area (Å²) in [6, 6.07) is 3.45. The zero-order valence-corrected chi connectivity index (χ0v) is 19.6. The maximum absolute atomic E-state index is 13.2. The lowest BCUT2D eigenvalue weighted by Crippen LogP contribution is -2.14. The number of halogens is 1. The summed E-state index contributed by atoms with van der Waals surface area (Å²) in [5, 5.41) is 6.58. The van der Waals surface area contributed by atoms with Crippen molar-refractivity contribution in [3.05, 3.63) is 47.1 Å². The fourth-order valence-electron chi connectivity index (χ4n) is 3.06. The average molecular weight is 486 g/mol. The van der Waals surface area contributed by atoms with Crippen molar-refractivity contribution in [3.8, 4) is 16.9 Å². The minimum Gasteiger partial charge on any atom is -0.494 e. The van der Waals surface area contributed by atoms with Crippen LogP contribution in [0.15, 0.2) is 30.7 Å². The van der Waals surface area contributed by atoms with E-state index in [-0.39, 0.29) is 11.1 Å². The zero-order chi connectivity index (χ0) is 23.4. The largest absolute Gasteiger partial charge is 0.494 e. The molecule has 4 aromatic rings. The van der Waals surface area contributed by atoms with Crippen molar-refractivity contribution < 1.29 is 14.3 Å². The first-order valence-electron chi connectivity index (χ1n) is 9.82. The van der Waals surface area contributed by atoms with Crippen molar-refractivity contribution >= 4 is 50.3 Å². The van der Waals surface area contributed by atoms with Crippen LogP contribution in [0.5, 0.6) is 5.75 Å². The minimum atomic E-state index is -0.377. The van der Waals surface area contributed by atoms with Gasteiger partial charge in [0, 0.05) is 36.7 Å². The second-order valence-corrected chi connectivity index (χ2v) is 8.22. The number of pyridine rings is 2. The highest BCUT2D eigenvalue weighted by molar-refractivity contribution is 7.22. The number of hydrogen-bond acceptors (Lipinski definition) is 10. The summed E-state index contributed by atoms with van der Waals surface area (Å²) in [6.07, 6.45) is 4.63. The van der Waals surface area contributed by atoms with Gasteiger partial charge in [-0.15, -0.1) is 0 Å². The molecule has 0 aliphatic carbocycles. The predicted molar refractivity (Wildman–Crippen MR) is 127 cm³/mol. The lowest BCUT2D eigenvalue weighted by molar-refractivity contribution is 0.102. The highest BCUT2D eigenvalue weighted by Crippen LogP contribution is 2.34. The van der Waals surface area contributed by atoms with E-state index >= 15 is 0 Å². The number of nitrogens with zero attached hydrogens (tertiary/aromatic N) is 5. The molecule has 0 spiro atoms. The van der Waals surface area contributed by atoms with Gasteiger partial charge < -0.3 is 14.8 Å². The lowest BCUT2D eigenvalue weighted by atomic mass is 10.0. The second kappa shape index (κ2) is 10.0. The minimum absolute atomic E-state index is 0.284. The summed E-state index contributed by atoms with van der Waals surface area (Å²) in [6.45, 7) is 2.95. The van der Waals surface area contributed by atoms with Gasteiger partial charge in [-0.2, -0.15) is 0 Å². The number of carbonyl (C=O) groups excluding carboxylic acids is 1. The first-order valence-corrected chi connectivity index (χ1v) is 11.0. The Morgan fingerprint density at radius 2 is 1.94 bits per heavy atom. The van der Waals surface area contributed by atoms with Gasteiger partial charge in [0.15, 0.2) is 9.96 Å². The maximum atomic E-state index is 13.2. The molecule has 0 fully saturated rings. The van der Waals surface area contributed by atoms with Crippen LogP contribution < -0.4 is 15.4 Å². The highest BCUT2D eigenvalue weighted by Gasteiger charge is 2.19. The molecule has 33 heavy (non-hydrogen) atoms. The molecule has 0 aromatic carbocycles. The summed E-state index contributed by atoms with van der Waals surface area (Å²) in [5.41, 5.74) is 2.91. The monoisotopic (exact) mass is 485 g/mol. The Morgan fingerprint density at radius 1 is 1.09 bits per heavy atom. The molecule has 10 nitrogen and oxygen atoms in total. The predicted octanol–water partition coefficient (Wildman–Crippen LogP) is 3.82. The summed E-state index contributed by atoms with van der Waals surface area (Å²) in [4.78, 5) is 35.2. The van der Waals surface area contributed by atoms with Crippen LogP contribution in [0.2, 0.25) is 5.15 Å². The summed E-state index contributed by atoms with van der Waals surface area (Å²) < 4.78 is 10.4. The lowest BCUT2D eigenvalue weighted by Gasteiger charge is -2.13. The Hall–Kier alpha value is -3.41. The molecule has 2 N–H and O–H groups in total. The topological polar surface area (TPSA) is 124 Å². The molecule has 0 radical (unpaired) electrons. The van der Waals surface area contributed by atoms with Gasteiger partial charge in [-0.25, -0.2) is 19.9 Å². The molecular weight excluding hydrogens is 466 g/mol. The summed E-state index contributed by atoms with van der Waals surface area (Å²) in [7, 11) is 3.15. The highest BCUT2D eigenvalue weighted by atomic mass is 35.5. The van der Waals surface area contributed by atoms with E-state index in [1.165, 1.54) is 30.8 Å².